The third-order valence-electron chi connectivity index (χ3n) is 15.3. The fourth-order valence-corrected chi connectivity index (χ4v) is 13.0. The molecule has 5 aliphatic rings. The van der Waals surface area contributed by atoms with Crippen molar-refractivity contribution in [3.8, 4) is 0 Å². The molecule has 9 atom stereocenters. The number of carbonyl (C=O) groups excluding carboxylic acids is 1. The van der Waals surface area contributed by atoms with Crippen LogP contribution >= 0.6 is 0 Å². The van der Waals surface area contributed by atoms with Gasteiger partial charge in [0.15, 0.2) is 0 Å². The lowest BCUT2D eigenvalue weighted by atomic mass is 9.32. The predicted octanol–water partition coefficient (Wildman–Crippen LogP) is 9.37. The zero-order valence-corrected chi connectivity index (χ0v) is 29.4. The van der Waals surface area contributed by atoms with E-state index in [0.717, 1.165) is 44.8 Å². The van der Waals surface area contributed by atoms with E-state index < -0.39 is 0 Å². The molecule has 0 bridgehead atoms. The minimum absolute atomic E-state index is 0.157. The molecule has 0 aliphatic heterocycles. The summed E-state index contributed by atoms with van der Waals surface area (Å²) in [5, 5.41) is 6.81. The first-order valence-electron chi connectivity index (χ1n) is 18.2. The summed E-state index contributed by atoms with van der Waals surface area (Å²) in [6.07, 6.45) is 13.5. The van der Waals surface area contributed by atoms with Crippen LogP contribution in [-0.2, 0) is 4.79 Å². The van der Waals surface area contributed by atoms with Gasteiger partial charge in [0.2, 0.25) is 5.91 Å². The highest BCUT2D eigenvalue weighted by molar-refractivity contribution is 5.84. The number of hydrogen-bond acceptors (Lipinski definition) is 2. The quantitative estimate of drug-likeness (QED) is 0.242. The summed E-state index contributed by atoms with van der Waals surface area (Å²) >= 11 is 0. The maximum atomic E-state index is 14.2. The van der Waals surface area contributed by atoms with Crippen LogP contribution in [0.1, 0.15) is 117 Å². The zero-order chi connectivity index (χ0) is 31.7. The van der Waals surface area contributed by atoms with Crippen molar-refractivity contribution in [3.63, 3.8) is 0 Å². The molecule has 0 saturated heterocycles. The van der Waals surface area contributed by atoms with Gasteiger partial charge < -0.3 is 10.6 Å². The van der Waals surface area contributed by atoms with Gasteiger partial charge in [-0.15, -0.1) is 0 Å². The van der Waals surface area contributed by atoms with E-state index in [1.807, 2.05) is 0 Å². The number of allylic oxidation sites excluding steroid dienone is 3. The fourth-order valence-electron chi connectivity index (χ4n) is 13.0. The first-order valence-corrected chi connectivity index (χ1v) is 18.2. The molecule has 4 saturated carbocycles. The number of nitrogens with one attached hydrogen (secondary N) is 2. The van der Waals surface area contributed by atoms with Gasteiger partial charge in [-0.1, -0.05) is 89.6 Å². The number of hydrogen-bond donors (Lipinski definition) is 2. The van der Waals surface area contributed by atoms with Crippen LogP contribution in [0.2, 0.25) is 0 Å². The van der Waals surface area contributed by atoms with E-state index >= 15 is 0 Å². The van der Waals surface area contributed by atoms with E-state index in [0.29, 0.717) is 40.4 Å². The van der Waals surface area contributed by atoms with Crippen LogP contribution in [0.3, 0.4) is 0 Å². The Labute approximate surface area is 269 Å². The molecule has 0 spiro atoms. The summed E-state index contributed by atoms with van der Waals surface area (Å²) in [7, 11) is 0. The Bertz CT molecular complexity index is 1310. The van der Waals surface area contributed by atoms with Gasteiger partial charge in [-0.25, -0.2) is 0 Å². The van der Waals surface area contributed by atoms with Crippen molar-refractivity contribution in [1.29, 1.82) is 0 Å². The van der Waals surface area contributed by atoms with Crippen molar-refractivity contribution in [3.05, 3.63) is 53.6 Å². The molecular weight excluding hydrogens is 536 g/mol. The highest BCUT2D eigenvalue weighted by Gasteiger charge is 2.71. The zero-order valence-electron chi connectivity index (χ0n) is 29.4. The second kappa shape index (κ2) is 11.1. The van der Waals surface area contributed by atoms with Crippen molar-refractivity contribution in [2.75, 3.05) is 19.6 Å². The first kappa shape index (κ1) is 32.1. The van der Waals surface area contributed by atoms with Crippen LogP contribution in [0.15, 0.2) is 42.5 Å². The molecule has 2 N–H and O–H groups in total. The molecule has 1 aromatic carbocycles. The van der Waals surface area contributed by atoms with Gasteiger partial charge in [-0.2, -0.15) is 0 Å². The molecule has 6 rings (SSSR count). The minimum atomic E-state index is -0.219. The van der Waals surface area contributed by atoms with Gasteiger partial charge >= 0.3 is 0 Å². The largest absolute Gasteiger partial charge is 0.354 e. The van der Waals surface area contributed by atoms with Crippen LogP contribution in [0.5, 0.6) is 0 Å². The highest BCUT2D eigenvalue weighted by Crippen LogP contribution is 2.77. The monoisotopic (exact) mass is 598 g/mol. The Kier molecular flexibility index (Phi) is 8.12. The molecule has 0 radical (unpaired) electrons. The summed E-state index contributed by atoms with van der Waals surface area (Å²) in [6, 6.07) is 9.28. The van der Waals surface area contributed by atoms with Crippen LogP contribution in [0.4, 0.5) is 0 Å². The molecule has 3 heteroatoms. The van der Waals surface area contributed by atoms with Crippen LogP contribution < -0.4 is 10.6 Å². The number of carbonyl (C=O) groups is 1. The van der Waals surface area contributed by atoms with E-state index in [1.54, 1.807) is 5.57 Å². The molecule has 0 unspecified atom stereocenters. The topological polar surface area (TPSA) is 41.1 Å². The predicted molar refractivity (Wildman–Crippen MR) is 185 cm³/mol. The smallest absolute Gasteiger partial charge is 0.226 e. The summed E-state index contributed by atoms with van der Waals surface area (Å²) in [5.41, 5.74) is 6.44. The molecule has 4 fully saturated rings. The fraction of sp³-hybridized carbons (Fsp3) is 0.732. The van der Waals surface area contributed by atoms with Gasteiger partial charge in [0.1, 0.15) is 0 Å². The van der Waals surface area contributed by atoms with Gasteiger partial charge in [0.05, 0.1) is 5.41 Å². The lowest BCUT2D eigenvalue weighted by Crippen LogP contribution is -2.66. The van der Waals surface area contributed by atoms with Gasteiger partial charge in [-0.3, -0.25) is 4.79 Å². The number of aryl methyl sites for hydroxylation is 1. The summed E-state index contributed by atoms with van der Waals surface area (Å²) in [5.74, 6) is 3.25. The SMILES string of the molecule is C=C(C)[C@@H]1CC[C@]2(C(=O)NCCNCC)CC[C@]3(C)[C@H](CC[C@@H]4[C@@]5(C)CC=C(c6ccc(C)cc6)C(C)(C)[C@@H]5CC[C@]43C)[C@@H]12. The van der Waals surface area contributed by atoms with Crippen LogP contribution in [0, 0.1) is 63.6 Å². The Balaban J connectivity index is 1.33. The van der Waals surface area contributed by atoms with E-state index in [4.69, 9.17) is 0 Å². The number of rotatable bonds is 7. The van der Waals surface area contributed by atoms with E-state index in [1.165, 1.54) is 55.2 Å². The molecule has 5 aliphatic carbocycles. The van der Waals surface area contributed by atoms with Crippen LogP contribution in [-0.4, -0.2) is 25.5 Å². The molecule has 0 aromatic heterocycles. The van der Waals surface area contributed by atoms with Gasteiger partial charge in [-0.05, 0) is 141 Å². The summed E-state index contributed by atoms with van der Waals surface area (Å²) in [6.45, 7) is 26.8. The molecule has 0 heterocycles. The highest BCUT2D eigenvalue weighted by atomic mass is 16.2. The van der Waals surface area contributed by atoms with Crippen molar-refractivity contribution in [1.82, 2.24) is 10.6 Å². The number of amides is 1. The van der Waals surface area contributed by atoms with E-state index in [9.17, 15) is 4.79 Å². The molecule has 1 amide bonds. The lowest BCUT2D eigenvalue weighted by Gasteiger charge is -2.72. The second-order valence-electron chi connectivity index (χ2n) is 17.4. The summed E-state index contributed by atoms with van der Waals surface area (Å²) < 4.78 is 0. The maximum Gasteiger partial charge on any atom is 0.226 e. The van der Waals surface area contributed by atoms with Gasteiger partial charge in [0, 0.05) is 13.1 Å². The lowest BCUT2D eigenvalue weighted by molar-refractivity contribution is -0.225. The van der Waals surface area contributed by atoms with Crippen molar-refractivity contribution in [2.24, 2.45) is 56.7 Å². The van der Waals surface area contributed by atoms with Crippen LogP contribution in [0.25, 0.3) is 5.57 Å². The Hall–Kier alpha value is -1.87. The minimum Gasteiger partial charge on any atom is -0.354 e. The number of benzene rings is 1. The molecular formula is C41H62N2O. The maximum absolute atomic E-state index is 14.2. The third kappa shape index (κ3) is 4.48. The van der Waals surface area contributed by atoms with E-state index in [2.05, 4.69) is 103 Å². The number of likely N-dealkylation sites (N-methyl/N-ethyl adjacent to an activating group) is 1. The first-order chi connectivity index (χ1) is 20.8. The van der Waals surface area contributed by atoms with Gasteiger partial charge in [0.25, 0.3) is 0 Å². The van der Waals surface area contributed by atoms with Crippen molar-refractivity contribution >= 4 is 11.5 Å². The Morgan fingerprint density at radius 2 is 1.61 bits per heavy atom. The normalized spacial score (nSPS) is 42.3. The molecule has 1 aromatic rings. The summed E-state index contributed by atoms with van der Waals surface area (Å²) in [4.78, 5) is 14.2. The standard InChI is InChI=1S/C41H62N2O/c1-10-42-25-26-43-36(44)41-22-17-30(27(2)3)35(41)32-15-16-34-38(7)20-18-31(29-13-11-28(4)12-14-29)37(5,6)33(38)19-21-40(34,9)39(32,8)23-24-41/h11-14,18,30,32-35,42H,2,10,15-17,19-26H2,1,3-9H3,(H,43,44)/t30-,32+,33-,34+,35+,38-,39+,40+,41-/m0/s1. The van der Waals surface area contributed by atoms with Crippen molar-refractivity contribution in [2.45, 2.75) is 113 Å². The number of fused-ring (bicyclic) bond motifs is 7. The Morgan fingerprint density at radius 3 is 2.30 bits per heavy atom. The molecule has 44 heavy (non-hydrogen) atoms. The van der Waals surface area contributed by atoms with Crippen molar-refractivity contribution < 1.29 is 4.79 Å². The molecule has 242 valence electrons. The second-order valence-corrected chi connectivity index (χ2v) is 17.4. The molecule has 3 nitrogen and oxygen atoms in total. The average Bonchev–Trinajstić information content (AvgIpc) is 3.37. The Morgan fingerprint density at radius 1 is 0.886 bits per heavy atom. The average molecular weight is 599 g/mol. The third-order valence-corrected chi connectivity index (χ3v) is 15.3. The van der Waals surface area contributed by atoms with E-state index in [-0.39, 0.29) is 16.2 Å².